The van der Waals surface area contributed by atoms with E-state index in [-0.39, 0.29) is 12.5 Å². The van der Waals surface area contributed by atoms with Crippen LogP contribution in [0.25, 0.3) is 10.9 Å². The number of fused-ring (bicyclic) bond motifs is 3. The summed E-state index contributed by atoms with van der Waals surface area (Å²) < 4.78 is 19.0. The second kappa shape index (κ2) is 11.3. The minimum atomic E-state index is -0.613. The maximum Gasteiger partial charge on any atom is 0.410 e. The first-order valence-corrected chi connectivity index (χ1v) is 14.5. The van der Waals surface area contributed by atoms with Gasteiger partial charge in [0.05, 0.1) is 36.0 Å². The van der Waals surface area contributed by atoms with Crippen molar-refractivity contribution in [2.75, 3.05) is 51.3 Å². The van der Waals surface area contributed by atoms with Crippen LogP contribution in [-0.4, -0.2) is 90.0 Å². The normalized spacial score (nSPS) is 21.8. The third kappa shape index (κ3) is 6.02. The van der Waals surface area contributed by atoms with Gasteiger partial charge >= 0.3 is 12.1 Å². The van der Waals surface area contributed by atoms with E-state index in [1.807, 2.05) is 26.8 Å². The van der Waals surface area contributed by atoms with Crippen molar-refractivity contribution in [3.63, 3.8) is 0 Å². The Kier molecular flexibility index (Phi) is 8.06. The molecule has 10 nitrogen and oxygen atoms in total. The second-order valence-corrected chi connectivity index (χ2v) is 12.4. The molecule has 2 fully saturated rings. The molecule has 0 radical (unpaired) electrons. The average molecular weight is 602 g/mol. The molecule has 0 N–H and O–H groups in total. The molecule has 4 heterocycles. The lowest BCUT2D eigenvalue weighted by Crippen LogP contribution is -2.56. The van der Waals surface area contributed by atoms with Crippen molar-refractivity contribution in [2.24, 2.45) is 0 Å². The van der Waals surface area contributed by atoms with Crippen LogP contribution in [-0.2, 0) is 11.2 Å². The Balaban J connectivity index is 1.51. The fourth-order valence-electron chi connectivity index (χ4n) is 5.59. The smallest absolute Gasteiger partial charge is 0.410 e. The van der Waals surface area contributed by atoms with Crippen LogP contribution in [0.5, 0.6) is 11.8 Å². The number of piperazine rings is 1. The number of benzene rings is 1. The quantitative estimate of drug-likeness (QED) is 0.489. The number of halogens is 1. The van der Waals surface area contributed by atoms with Crippen molar-refractivity contribution in [1.29, 1.82) is 5.26 Å². The third-order valence-corrected chi connectivity index (χ3v) is 8.29. The second-order valence-electron chi connectivity index (χ2n) is 11.6. The van der Waals surface area contributed by atoms with E-state index in [0.717, 1.165) is 58.9 Å². The average Bonchev–Trinajstić information content (AvgIpc) is 3.30. The van der Waals surface area contributed by atoms with Crippen molar-refractivity contribution in [2.45, 2.75) is 70.6 Å². The lowest BCUT2D eigenvalue weighted by Gasteiger charge is -2.41. The van der Waals surface area contributed by atoms with Crippen LogP contribution in [0.2, 0.25) is 0 Å². The molecule has 1 aromatic carbocycles. The first kappa shape index (κ1) is 27.7. The van der Waals surface area contributed by atoms with Crippen molar-refractivity contribution < 1.29 is 19.0 Å². The summed E-state index contributed by atoms with van der Waals surface area (Å²) in [4.78, 5) is 28.8. The number of anilines is 1. The SMILES string of the molecule is CN1CCC[C@H]1COc1nc(N2CCN(C(=O)OC(C)(C)C)[C@@H](CC#N)C2)c2c3c(c(Br)cc2n1)CCCO3. The van der Waals surface area contributed by atoms with E-state index in [9.17, 15) is 10.1 Å². The predicted molar refractivity (Wildman–Crippen MR) is 151 cm³/mol. The van der Waals surface area contributed by atoms with Crippen molar-refractivity contribution in [3.8, 4) is 17.8 Å². The highest BCUT2D eigenvalue weighted by Crippen LogP contribution is 2.43. The molecule has 3 aliphatic heterocycles. The van der Waals surface area contributed by atoms with Crippen LogP contribution in [0.3, 0.4) is 0 Å². The van der Waals surface area contributed by atoms with E-state index in [1.165, 1.54) is 0 Å². The Morgan fingerprint density at radius 2 is 2.05 bits per heavy atom. The highest BCUT2D eigenvalue weighted by molar-refractivity contribution is 9.10. The number of hydrogen-bond donors (Lipinski definition) is 0. The van der Waals surface area contributed by atoms with Gasteiger partial charge in [-0.3, -0.25) is 0 Å². The van der Waals surface area contributed by atoms with Crippen molar-refractivity contribution >= 4 is 38.7 Å². The number of ether oxygens (including phenoxy) is 3. The number of carbonyl (C=O) groups is 1. The summed E-state index contributed by atoms with van der Waals surface area (Å²) in [7, 11) is 2.12. The van der Waals surface area contributed by atoms with E-state index in [4.69, 9.17) is 24.2 Å². The molecule has 0 aliphatic carbocycles. The van der Waals surface area contributed by atoms with Crippen LogP contribution in [0, 0.1) is 11.3 Å². The van der Waals surface area contributed by atoms with Gasteiger partial charge in [0.15, 0.2) is 0 Å². The number of nitrogens with zero attached hydrogens (tertiary/aromatic N) is 6. The summed E-state index contributed by atoms with van der Waals surface area (Å²) in [6.07, 6.45) is 3.89. The Morgan fingerprint density at radius 1 is 1.23 bits per heavy atom. The van der Waals surface area contributed by atoms with E-state index in [1.54, 1.807) is 4.90 Å². The minimum absolute atomic E-state index is 0.191. The lowest BCUT2D eigenvalue weighted by atomic mass is 10.0. The van der Waals surface area contributed by atoms with Gasteiger partial charge in [-0.1, -0.05) is 15.9 Å². The summed E-state index contributed by atoms with van der Waals surface area (Å²) in [5, 5.41) is 10.4. The van der Waals surface area contributed by atoms with Gasteiger partial charge in [-0.15, -0.1) is 0 Å². The predicted octanol–water partition coefficient (Wildman–Crippen LogP) is 4.53. The molecular formula is C28H37BrN6O4. The highest BCUT2D eigenvalue weighted by Gasteiger charge is 2.35. The van der Waals surface area contributed by atoms with Crippen LogP contribution < -0.4 is 14.4 Å². The molecule has 2 aromatic rings. The van der Waals surface area contributed by atoms with Crippen molar-refractivity contribution in [3.05, 3.63) is 16.1 Å². The number of nitriles is 1. The fourth-order valence-corrected chi connectivity index (χ4v) is 6.19. The van der Waals surface area contributed by atoms with Crippen LogP contribution in [0.1, 0.15) is 52.0 Å². The fraction of sp³-hybridized carbons (Fsp3) is 0.643. The van der Waals surface area contributed by atoms with E-state index < -0.39 is 11.7 Å². The minimum Gasteiger partial charge on any atom is -0.492 e. The lowest BCUT2D eigenvalue weighted by molar-refractivity contribution is 0.0145. The van der Waals surface area contributed by atoms with Gasteiger partial charge in [0.1, 0.15) is 23.8 Å². The molecule has 1 amide bonds. The zero-order chi connectivity index (χ0) is 27.7. The molecule has 210 valence electrons. The number of carbonyl (C=O) groups excluding carboxylic acids is 1. The Bertz CT molecular complexity index is 1280. The summed E-state index contributed by atoms with van der Waals surface area (Å²) in [6.45, 7) is 9.14. The highest BCUT2D eigenvalue weighted by atomic mass is 79.9. The standard InChI is InChI=1S/C28H37BrN6O4/c1-28(2,3)39-27(36)35-13-12-34(16-18(35)9-10-30)25-23-22(15-21(29)20-8-6-14-37-24(20)23)31-26(32-25)38-17-19-7-5-11-33(19)4/h15,18-19H,5-9,11-14,16-17H2,1-4H3/t18-,19-/m0/s1. The molecule has 0 bridgehead atoms. The molecule has 2 saturated heterocycles. The van der Waals surface area contributed by atoms with Gasteiger partial charge in [-0.25, -0.2) is 4.79 Å². The number of amides is 1. The van der Waals surface area contributed by atoms with Crippen molar-refractivity contribution in [1.82, 2.24) is 19.8 Å². The molecule has 1 aromatic heterocycles. The Morgan fingerprint density at radius 3 is 2.77 bits per heavy atom. The van der Waals surface area contributed by atoms with Gasteiger partial charge in [-0.2, -0.15) is 15.2 Å². The molecule has 5 rings (SSSR count). The number of likely N-dealkylation sites (tertiary alicyclic amines) is 1. The van der Waals surface area contributed by atoms with Crippen LogP contribution in [0.15, 0.2) is 10.5 Å². The maximum atomic E-state index is 13.0. The third-order valence-electron chi connectivity index (χ3n) is 7.58. The number of hydrogen-bond acceptors (Lipinski definition) is 9. The Labute approximate surface area is 238 Å². The number of likely N-dealkylation sites (N-methyl/N-ethyl adjacent to an activating group) is 1. The van der Waals surface area contributed by atoms with Gasteiger partial charge in [0.25, 0.3) is 0 Å². The molecule has 39 heavy (non-hydrogen) atoms. The van der Waals surface area contributed by atoms with E-state index >= 15 is 0 Å². The molecule has 0 spiro atoms. The summed E-state index contributed by atoms with van der Waals surface area (Å²) >= 11 is 3.73. The van der Waals surface area contributed by atoms with E-state index in [2.05, 4.69) is 38.8 Å². The molecule has 0 unspecified atom stereocenters. The number of rotatable bonds is 5. The van der Waals surface area contributed by atoms with Gasteiger partial charge in [0.2, 0.25) is 0 Å². The van der Waals surface area contributed by atoms with Gasteiger partial charge < -0.3 is 28.9 Å². The molecule has 0 saturated carbocycles. The monoisotopic (exact) mass is 600 g/mol. The summed E-state index contributed by atoms with van der Waals surface area (Å²) in [6, 6.07) is 4.59. The van der Waals surface area contributed by atoms with Crippen LogP contribution >= 0.6 is 15.9 Å². The number of aromatic nitrogens is 2. The summed E-state index contributed by atoms with van der Waals surface area (Å²) in [5.41, 5.74) is 1.24. The van der Waals surface area contributed by atoms with Crippen LogP contribution in [0.4, 0.5) is 10.6 Å². The summed E-state index contributed by atoms with van der Waals surface area (Å²) in [5.74, 6) is 1.52. The topological polar surface area (TPSA) is 104 Å². The molecule has 2 atom stereocenters. The first-order valence-electron chi connectivity index (χ1n) is 13.7. The largest absolute Gasteiger partial charge is 0.492 e. The molecular weight excluding hydrogens is 564 g/mol. The first-order chi connectivity index (χ1) is 18.6. The van der Waals surface area contributed by atoms with Gasteiger partial charge in [0, 0.05) is 35.7 Å². The maximum absolute atomic E-state index is 13.0. The molecule has 3 aliphatic rings. The zero-order valence-corrected chi connectivity index (χ0v) is 24.8. The molecule has 11 heteroatoms. The zero-order valence-electron chi connectivity index (χ0n) is 23.2. The van der Waals surface area contributed by atoms with Gasteiger partial charge in [-0.05, 0) is 66.1 Å². The Hall–Kier alpha value is -2.84. The van der Waals surface area contributed by atoms with E-state index in [0.29, 0.717) is 50.7 Å².